The van der Waals surface area contributed by atoms with Crippen molar-refractivity contribution in [1.82, 2.24) is 4.90 Å². The first-order valence-corrected chi connectivity index (χ1v) is 8.86. The Kier molecular flexibility index (Phi) is 6.64. The van der Waals surface area contributed by atoms with E-state index in [9.17, 15) is 9.59 Å². The van der Waals surface area contributed by atoms with Crippen LogP contribution in [0, 0.1) is 5.92 Å². The van der Waals surface area contributed by atoms with Crippen LogP contribution >= 0.6 is 0 Å². The number of piperidine rings is 1. The summed E-state index contributed by atoms with van der Waals surface area (Å²) in [7, 11) is 0. The van der Waals surface area contributed by atoms with E-state index in [1.165, 1.54) is 31.9 Å². The Morgan fingerprint density at radius 2 is 1.75 bits per heavy atom. The number of anilines is 2. The first-order chi connectivity index (χ1) is 11.5. The van der Waals surface area contributed by atoms with Crippen molar-refractivity contribution in [3.63, 3.8) is 0 Å². The van der Waals surface area contributed by atoms with Crippen molar-refractivity contribution in [3.05, 3.63) is 24.3 Å². The predicted octanol–water partition coefficient (Wildman–Crippen LogP) is 3.12. The summed E-state index contributed by atoms with van der Waals surface area (Å²) < 4.78 is 0. The normalized spacial score (nSPS) is 14.6. The second-order valence-electron chi connectivity index (χ2n) is 6.94. The quantitative estimate of drug-likeness (QED) is 0.871. The average molecular weight is 331 g/mol. The zero-order valence-corrected chi connectivity index (χ0v) is 15.0. The molecule has 5 heteroatoms. The van der Waals surface area contributed by atoms with Crippen molar-refractivity contribution in [2.45, 2.75) is 40.0 Å². The molecule has 0 atom stereocenters. The molecule has 1 aliphatic rings. The number of nitrogens with one attached hydrogen (secondary N) is 1. The fraction of sp³-hybridized carbons (Fsp3) is 0.579. The predicted molar refractivity (Wildman–Crippen MR) is 98.2 cm³/mol. The van der Waals surface area contributed by atoms with Crippen LogP contribution < -0.4 is 10.2 Å². The molecule has 0 bridgehead atoms. The van der Waals surface area contributed by atoms with Gasteiger partial charge in [0.05, 0.1) is 6.54 Å². The third kappa shape index (κ3) is 5.55. The van der Waals surface area contributed by atoms with E-state index in [4.69, 9.17) is 0 Å². The molecule has 1 heterocycles. The van der Waals surface area contributed by atoms with Gasteiger partial charge in [0.1, 0.15) is 0 Å². The van der Waals surface area contributed by atoms with Gasteiger partial charge < -0.3 is 15.1 Å². The van der Waals surface area contributed by atoms with Crippen LogP contribution in [0.25, 0.3) is 0 Å². The lowest BCUT2D eigenvalue weighted by Gasteiger charge is -2.29. The maximum absolute atomic E-state index is 12.2. The molecule has 1 N–H and O–H groups in total. The zero-order chi connectivity index (χ0) is 17.5. The van der Waals surface area contributed by atoms with E-state index in [1.807, 2.05) is 26.0 Å². The minimum Gasteiger partial charge on any atom is -0.372 e. The Labute approximate surface area is 145 Å². The van der Waals surface area contributed by atoms with Gasteiger partial charge in [0, 0.05) is 37.9 Å². The number of carbonyl (C=O) groups excluding carboxylic acids is 2. The van der Waals surface area contributed by atoms with Crippen LogP contribution in [-0.2, 0) is 9.59 Å². The number of nitrogens with zero attached hydrogens (tertiary/aromatic N) is 2. The van der Waals surface area contributed by atoms with Gasteiger partial charge in [-0.05, 0) is 49.4 Å². The largest absolute Gasteiger partial charge is 0.372 e. The summed E-state index contributed by atoms with van der Waals surface area (Å²) >= 11 is 0. The fourth-order valence-corrected chi connectivity index (χ4v) is 3.03. The lowest BCUT2D eigenvalue weighted by atomic mass is 10.1. The maximum atomic E-state index is 12.2. The second-order valence-corrected chi connectivity index (χ2v) is 6.94. The highest BCUT2D eigenvalue weighted by Gasteiger charge is 2.15. The molecule has 1 aromatic carbocycles. The van der Waals surface area contributed by atoms with Gasteiger partial charge >= 0.3 is 0 Å². The molecule has 0 unspecified atom stereocenters. The molecule has 0 aliphatic carbocycles. The van der Waals surface area contributed by atoms with Gasteiger partial charge in [0.15, 0.2) is 0 Å². The number of rotatable bonds is 6. The minimum absolute atomic E-state index is 0.0701. The van der Waals surface area contributed by atoms with Crippen molar-refractivity contribution in [3.8, 4) is 0 Å². The first kappa shape index (κ1) is 18.3. The van der Waals surface area contributed by atoms with Crippen molar-refractivity contribution in [2.75, 3.05) is 36.4 Å². The molecule has 0 radical (unpaired) electrons. The van der Waals surface area contributed by atoms with Crippen LogP contribution in [-0.4, -0.2) is 42.9 Å². The Bertz CT molecular complexity index is 548. The highest BCUT2D eigenvalue weighted by molar-refractivity contribution is 5.94. The standard InChI is InChI=1S/C19H29N3O2/c1-15(2)13-22(16(3)23)14-19(24)20-17-7-9-18(10-8-17)21-11-5-4-6-12-21/h7-10,15H,4-6,11-14H2,1-3H3,(H,20,24). The monoisotopic (exact) mass is 331 g/mol. The number of hydrogen-bond donors (Lipinski definition) is 1. The van der Waals surface area contributed by atoms with E-state index < -0.39 is 0 Å². The molecule has 2 amide bonds. The molecule has 2 rings (SSSR count). The van der Waals surface area contributed by atoms with Gasteiger partial charge in [-0.1, -0.05) is 13.8 Å². The Morgan fingerprint density at radius 1 is 1.12 bits per heavy atom. The van der Waals surface area contributed by atoms with Crippen LogP contribution in [0.4, 0.5) is 11.4 Å². The van der Waals surface area contributed by atoms with E-state index in [0.29, 0.717) is 12.5 Å². The summed E-state index contributed by atoms with van der Waals surface area (Å²) in [6, 6.07) is 7.97. The second kappa shape index (κ2) is 8.71. The lowest BCUT2D eigenvalue weighted by Crippen LogP contribution is -2.38. The summed E-state index contributed by atoms with van der Waals surface area (Å²) in [4.78, 5) is 27.8. The summed E-state index contributed by atoms with van der Waals surface area (Å²) in [6.45, 7) is 8.48. The number of amides is 2. The van der Waals surface area contributed by atoms with Crippen LogP contribution in [0.3, 0.4) is 0 Å². The van der Waals surface area contributed by atoms with Crippen LogP contribution in [0.2, 0.25) is 0 Å². The molecular formula is C19H29N3O2. The lowest BCUT2D eigenvalue weighted by molar-refractivity contribution is -0.133. The highest BCUT2D eigenvalue weighted by Crippen LogP contribution is 2.21. The van der Waals surface area contributed by atoms with Crippen LogP contribution in [0.1, 0.15) is 40.0 Å². The summed E-state index contributed by atoms with van der Waals surface area (Å²) in [5, 5.41) is 2.88. The Morgan fingerprint density at radius 3 is 2.29 bits per heavy atom. The number of carbonyl (C=O) groups is 2. The van der Waals surface area contributed by atoms with Gasteiger partial charge in [-0.15, -0.1) is 0 Å². The average Bonchev–Trinajstić information content (AvgIpc) is 2.55. The molecular weight excluding hydrogens is 302 g/mol. The van der Waals surface area contributed by atoms with E-state index in [0.717, 1.165) is 18.8 Å². The topological polar surface area (TPSA) is 52.7 Å². The van der Waals surface area contributed by atoms with E-state index in [-0.39, 0.29) is 18.4 Å². The van der Waals surface area contributed by atoms with Crippen molar-refractivity contribution in [1.29, 1.82) is 0 Å². The summed E-state index contributed by atoms with van der Waals surface area (Å²) in [5.41, 5.74) is 1.98. The van der Waals surface area contributed by atoms with Crippen LogP contribution in [0.15, 0.2) is 24.3 Å². The van der Waals surface area contributed by atoms with Crippen molar-refractivity contribution < 1.29 is 9.59 Å². The van der Waals surface area contributed by atoms with Gasteiger partial charge in [-0.2, -0.15) is 0 Å². The van der Waals surface area contributed by atoms with Gasteiger partial charge in [0.2, 0.25) is 11.8 Å². The number of hydrogen-bond acceptors (Lipinski definition) is 3. The molecule has 132 valence electrons. The summed E-state index contributed by atoms with van der Waals surface area (Å²) in [6.07, 6.45) is 3.80. The van der Waals surface area contributed by atoms with Gasteiger partial charge in [-0.3, -0.25) is 9.59 Å². The molecule has 1 fully saturated rings. The molecule has 0 aromatic heterocycles. The number of benzene rings is 1. The Balaban J connectivity index is 1.90. The molecule has 0 spiro atoms. The summed E-state index contributed by atoms with van der Waals surface area (Å²) in [5.74, 6) is 0.112. The van der Waals surface area contributed by atoms with Crippen molar-refractivity contribution in [2.24, 2.45) is 5.92 Å². The van der Waals surface area contributed by atoms with Crippen LogP contribution in [0.5, 0.6) is 0 Å². The third-order valence-corrected chi connectivity index (χ3v) is 4.24. The van der Waals surface area contributed by atoms with Crippen molar-refractivity contribution >= 4 is 23.2 Å². The zero-order valence-electron chi connectivity index (χ0n) is 15.0. The molecule has 5 nitrogen and oxygen atoms in total. The van der Waals surface area contributed by atoms with Gasteiger partial charge in [0.25, 0.3) is 0 Å². The first-order valence-electron chi connectivity index (χ1n) is 8.86. The molecule has 1 aliphatic heterocycles. The van der Waals surface area contributed by atoms with E-state index in [2.05, 4.69) is 22.3 Å². The maximum Gasteiger partial charge on any atom is 0.243 e. The van der Waals surface area contributed by atoms with E-state index in [1.54, 1.807) is 4.90 Å². The smallest absolute Gasteiger partial charge is 0.243 e. The minimum atomic E-state index is -0.156. The van der Waals surface area contributed by atoms with E-state index >= 15 is 0 Å². The SMILES string of the molecule is CC(=O)N(CC(=O)Nc1ccc(N2CCCCC2)cc1)CC(C)C. The molecule has 24 heavy (non-hydrogen) atoms. The highest BCUT2D eigenvalue weighted by atomic mass is 16.2. The fourth-order valence-electron chi connectivity index (χ4n) is 3.03. The Hall–Kier alpha value is -2.04. The molecule has 0 saturated carbocycles. The molecule has 1 saturated heterocycles. The molecule has 1 aromatic rings. The van der Waals surface area contributed by atoms with Gasteiger partial charge in [-0.25, -0.2) is 0 Å². The third-order valence-electron chi connectivity index (χ3n) is 4.24.